The molecule has 0 spiro atoms. The Morgan fingerprint density at radius 1 is 1.11 bits per heavy atom. The number of aryl methyl sites for hydroxylation is 3. The van der Waals surface area contributed by atoms with Gasteiger partial charge in [-0.3, -0.25) is 4.79 Å². The van der Waals surface area contributed by atoms with Crippen LogP contribution in [0, 0.1) is 26.7 Å². The van der Waals surface area contributed by atoms with Crippen LogP contribution in [0.5, 0.6) is 5.75 Å². The molecule has 1 saturated heterocycles. The fourth-order valence-electron chi connectivity index (χ4n) is 4.31. The van der Waals surface area contributed by atoms with Crippen molar-refractivity contribution in [3.63, 3.8) is 0 Å². The maximum Gasteiger partial charge on any atom is 0.248 e. The van der Waals surface area contributed by atoms with Crippen molar-refractivity contribution in [3.05, 3.63) is 70.6 Å². The second-order valence-electron chi connectivity index (χ2n) is 9.10. The van der Waals surface area contributed by atoms with Crippen LogP contribution in [0.25, 0.3) is 12.2 Å². The highest BCUT2D eigenvalue weighted by atomic mass is 32.2. The number of hydrogen-bond acceptors (Lipinski definition) is 6. The monoisotopic (exact) mass is 509 g/mol. The lowest BCUT2D eigenvalue weighted by atomic mass is 9.98. The Morgan fingerprint density at radius 2 is 1.83 bits per heavy atom. The smallest absolute Gasteiger partial charge is 0.248 e. The number of piperidine rings is 1. The first-order valence-corrected chi connectivity index (χ1v) is 13.3. The van der Waals surface area contributed by atoms with Crippen LogP contribution in [-0.2, 0) is 14.8 Å². The van der Waals surface area contributed by atoms with Crippen LogP contribution in [0.15, 0.2) is 51.9 Å². The number of nitrogens with one attached hydrogen (secondary N) is 1. The van der Waals surface area contributed by atoms with Crippen LogP contribution in [0.1, 0.15) is 41.0 Å². The van der Waals surface area contributed by atoms with E-state index in [1.807, 2.05) is 50.2 Å². The van der Waals surface area contributed by atoms with Crippen molar-refractivity contribution in [1.82, 2.24) is 9.46 Å². The lowest BCUT2D eigenvalue weighted by Crippen LogP contribution is -2.44. The summed E-state index contributed by atoms with van der Waals surface area (Å²) in [5, 5.41) is 6.83. The first-order valence-electron chi connectivity index (χ1n) is 11.9. The topological polar surface area (TPSA) is 102 Å². The molecule has 3 aromatic rings. The van der Waals surface area contributed by atoms with E-state index in [2.05, 4.69) is 10.5 Å². The number of methoxy groups -OCH3 is 1. The fourth-order valence-corrected chi connectivity index (χ4v) is 6.08. The van der Waals surface area contributed by atoms with Gasteiger partial charge in [0.2, 0.25) is 15.9 Å². The zero-order valence-electron chi connectivity index (χ0n) is 20.9. The number of carbonyl (C=O) groups excluding carboxylic acids is 1. The summed E-state index contributed by atoms with van der Waals surface area (Å²) in [5.41, 5.74) is 3.89. The molecule has 4 rings (SSSR count). The number of amides is 1. The van der Waals surface area contributed by atoms with E-state index in [0.717, 1.165) is 16.7 Å². The third-order valence-electron chi connectivity index (χ3n) is 6.30. The Morgan fingerprint density at radius 3 is 2.56 bits per heavy atom. The average molecular weight is 510 g/mol. The predicted molar refractivity (Wildman–Crippen MR) is 139 cm³/mol. The molecule has 2 aromatic carbocycles. The second-order valence-corrected chi connectivity index (χ2v) is 11.0. The minimum absolute atomic E-state index is 0.0345. The van der Waals surface area contributed by atoms with Crippen molar-refractivity contribution >= 4 is 33.8 Å². The molecule has 1 amide bonds. The average Bonchev–Trinajstić information content (AvgIpc) is 3.25. The van der Waals surface area contributed by atoms with Gasteiger partial charge in [-0.1, -0.05) is 47.1 Å². The van der Waals surface area contributed by atoms with E-state index in [1.54, 1.807) is 32.3 Å². The van der Waals surface area contributed by atoms with E-state index in [4.69, 9.17) is 9.26 Å². The summed E-state index contributed by atoms with van der Waals surface area (Å²) in [6, 6.07) is 13.4. The summed E-state index contributed by atoms with van der Waals surface area (Å²) in [4.78, 5) is 13.1. The Bertz CT molecular complexity index is 1380. The van der Waals surface area contributed by atoms with E-state index in [-0.39, 0.29) is 28.8 Å². The van der Waals surface area contributed by atoms with Gasteiger partial charge in [-0.05, 0) is 62.9 Å². The van der Waals surface area contributed by atoms with Crippen molar-refractivity contribution in [2.45, 2.75) is 38.5 Å². The molecule has 1 aromatic heterocycles. The number of anilines is 1. The molecule has 1 N–H and O–H groups in total. The van der Waals surface area contributed by atoms with Crippen molar-refractivity contribution in [2.75, 3.05) is 25.5 Å². The molecule has 1 aliphatic rings. The van der Waals surface area contributed by atoms with E-state index in [1.165, 1.54) is 4.31 Å². The maximum absolute atomic E-state index is 13.7. The van der Waals surface area contributed by atoms with Crippen molar-refractivity contribution in [3.8, 4) is 5.75 Å². The Labute approximate surface area is 212 Å². The first kappa shape index (κ1) is 25.7. The van der Waals surface area contributed by atoms with Gasteiger partial charge in [0.25, 0.3) is 0 Å². The highest BCUT2D eigenvalue weighted by Gasteiger charge is 2.37. The number of hydrogen-bond donors (Lipinski definition) is 1. The molecule has 1 atom stereocenters. The zero-order valence-corrected chi connectivity index (χ0v) is 21.8. The standard InChI is InChI=1S/C27H31N3O5S/c1-18-7-10-21(11-8-18)12-14-25-26(20(3)29-35-25)36(32,33)30-15-5-6-22(17-30)27(31)28-23-16-19(2)9-13-24(23)34-4/h7-14,16,22H,5-6,15,17H2,1-4H3,(H,28,31)/b14-12+/t22-/m0/s1. The Hall–Kier alpha value is -3.43. The molecular formula is C27H31N3O5S. The molecule has 0 saturated carbocycles. The predicted octanol–water partition coefficient (Wildman–Crippen LogP) is 4.82. The quantitative estimate of drug-likeness (QED) is 0.490. The number of rotatable bonds is 7. The molecule has 9 heteroatoms. The van der Waals surface area contributed by atoms with Gasteiger partial charge in [-0.2, -0.15) is 4.31 Å². The van der Waals surface area contributed by atoms with Gasteiger partial charge in [-0.15, -0.1) is 0 Å². The third kappa shape index (κ3) is 5.52. The van der Waals surface area contributed by atoms with Crippen molar-refractivity contribution < 1.29 is 22.5 Å². The minimum Gasteiger partial charge on any atom is -0.495 e. The lowest BCUT2D eigenvalue weighted by Gasteiger charge is -2.31. The van der Waals surface area contributed by atoms with E-state index < -0.39 is 15.9 Å². The van der Waals surface area contributed by atoms with Gasteiger partial charge in [0, 0.05) is 13.1 Å². The number of benzene rings is 2. The van der Waals surface area contributed by atoms with Crippen molar-refractivity contribution in [1.29, 1.82) is 0 Å². The van der Waals surface area contributed by atoms with Gasteiger partial charge < -0.3 is 14.6 Å². The molecule has 190 valence electrons. The Kier molecular flexibility index (Phi) is 7.61. The van der Waals surface area contributed by atoms with Gasteiger partial charge in [-0.25, -0.2) is 8.42 Å². The molecular weight excluding hydrogens is 478 g/mol. The highest BCUT2D eigenvalue weighted by Crippen LogP contribution is 2.31. The van der Waals surface area contributed by atoms with Gasteiger partial charge >= 0.3 is 0 Å². The molecule has 0 bridgehead atoms. The molecule has 0 unspecified atom stereocenters. The first-order chi connectivity index (χ1) is 17.2. The third-order valence-corrected chi connectivity index (χ3v) is 8.33. The van der Waals surface area contributed by atoms with E-state index >= 15 is 0 Å². The second kappa shape index (κ2) is 10.7. The van der Waals surface area contributed by atoms with Crippen LogP contribution in [0.2, 0.25) is 0 Å². The van der Waals surface area contributed by atoms with Crippen LogP contribution in [0.3, 0.4) is 0 Å². The lowest BCUT2D eigenvalue weighted by molar-refractivity contribution is -0.120. The summed E-state index contributed by atoms with van der Waals surface area (Å²) in [6.45, 7) is 5.94. The van der Waals surface area contributed by atoms with Gasteiger partial charge in [0.05, 0.1) is 18.7 Å². The molecule has 0 aliphatic carbocycles. The van der Waals surface area contributed by atoms with Gasteiger partial charge in [0.1, 0.15) is 11.4 Å². The SMILES string of the molecule is COc1ccc(C)cc1NC(=O)[C@H]1CCCN(S(=O)(=O)c2c(C)noc2/C=C/c2ccc(C)cc2)C1. The summed E-state index contributed by atoms with van der Waals surface area (Å²) in [5.74, 6) is -0.00530. The Balaban J connectivity index is 1.54. The van der Waals surface area contributed by atoms with Crippen molar-refractivity contribution in [2.24, 2.45) is 5.92 Å². The van der Waals surface area contributed by atoms with Crippen LogP contribution >= 0.6 is 0 Å². The molecule has 8 nitrogen and oxygen atoms in total. The largest absolute Gasteiger partial charge is 0.495 e. The number of carbonyl (C=O) groups is 1. The molecule has 1 fully saturated rings. The molecule has 36 heavy (non-hydrogen) atoms. The summed E-state index contributed by atoms with van der Waals surface area (Å²) >= 11 is 0. The van der Waals surface area contributed by atoms with Crippen LogP contribution in [0.4, 0.5) is 5.69 Å². The normalized spacial score (nSPS) is 16.8. The fraction of sp³-hybridized carbons (Fsp3) is 0.333. The van der Waals surface area contributed by atoms with E-state index in [0.29, 0.717) is 30.8 Å². The van der Waals surface area contributed by atoms with Crippen LogP contribution in [-0.4, -0.2) is 44.0 Å². The minimum atomic E-state index is -3.93. The summed E-state index contributed by atoms with van der Waals surface area (Å²) in [7, 11) is -2.39. The zero-order chi connectivity index (χ0) is 25.9. The highest BCUT2D eigenvalue weighted by molar-refractivity contribution is 7.89. The summed E-state index contributed by atoms with van der Waals surface area (Å²) in [6.07, 6.45) is 4.58. The number of aromatic nitrogens is 1. The van der Waals surface area contributed by atoms with Crippen LogP contribution < -0.4 is 10.1 Å². The maximum atomic E-state index is 13.7. The van der Waals surface area contributed by atoms with E-state index in [9.17, 15) is 13.2 Å². The number of sulfonamides is 1. The number of ether oxygens (including phenoxy) is 1. The number of nitrogens with zero attached hydrogens (tertiary/aromatic N) is 2. The molecule has 2 heterocycles. The van der Waals surface area contributed by atoms with Gasteiger partial charge in [0.15, 0.2) is 10.7 Å². The molecule has 1 aliphatic heterocycles. The summed E-state index contributed by atoms with van der Waals surface area (Å²) < 4.78 is 39.4. The molecule has 0 radical (unpaired) electrons.